The number of fused-ring (bicyclic) bond motifs is 1. The number of thiazole rings is 1. The molecule has 130 valence electrons. The molecule has 0 saturated carbocycles. The number of nitrogens with zero attached hydrogens (tertiary/aromatic N) is 2. The quantitative estimate of drug-likeness (QED) is 0.900. The summed E-state index contributed by atoms with van der Waals surface area (Å²) in [5.41, 5.74) is -0.312. The van der Waals surface area contributed by atoms with Crippen molar-refractivity contribution in [3.63, 3.8) is 0 Å². The molecule has 1 aromatic heterocycles. The Morgan fingerprint density at radius 2 is 1.96 bits per heavy atom. The van der Waals surface area contributed by atoms with E-state index in [1.165, 1.54) is 15.6 Å². The fourth-order valence-corrected chi connectivity index (χ4v) is 5.42. The summed E-state index contributed by atoms with van der Waals surface area (Å²) in [5, 5.41) is 10.1. The Morgan fingerprint density at radius 3 is 2.50 bits per heavy atom. The maximum Gasteiger partial charge on any atom is 0.312 e. The summed E-state index contributed by atoms with van der Waals surface area (Å²) < 4.78 is 27.4. The molecular formula is C16H20N2O4S2. The van der Waals surface area contributed by atoms with Crippen LogP contribution >= 0.6 is 11.3 Å². The third-order valence-electron chi connectivity index (χ3n) is 4.21. The van der Waals surface area contributed by atoms with E-state index in [2.05, 4.69) is 25.8 Å². The van der Waals surface area contributed by atoms with Crippen LogP contribution in [0.2, 0.25) is 0 Å². The molecule has 0 aliphatic carbocycles. The number of hydrogen-bond donors (Lipinski definition) is 1. The molecule has 1 aliphatic rings. The fourth-order valence-electron chi connectivity index (χ4n) is 2.57. The van der Waals surface area contributed by atoms with Gasteiger partial charge in [0.15, 0.2) is 0 Å². The second-order valence-corrected chi connectivity index (χ2v) is 10.5. The number of carbonyl (C=O) groups is 1. The maximum absolute atomic E-state index is 12.7. The van der Waals surface area contributed by atoms with Crippen LogP contribution in [0.5, 0.6) is 0 Å². The van der Waals surface area contributed by atoms with Crippen molar-refractivity contribution in [1.29, 1.82) is 0 Å². The molecular weight excluding hydrogens is 348 g/mol. The van der Waals surface area contributed by atoms with Gasteiger partial charge in [0.25, 0.3) is 0 Å². The van der Waals surface area contributed by atoms with E-state index in [1.807, 2.05) is 0 Å². The second kappa shape index (κ2) is 5.24. The van der Waals surface area contributed by atoms with Gasteiger partial charge in [-0.2, -0.15) is 4.31 Å². The Kier molecular flexibility index (Phi) is 3.78. The van der Waals surface area contributed by atoms with Crippen LogP contribution in [0.15, 0.2) is 23.1 Å². The predicted molar refractivity (Wildman–Crippen MR) is 92.8 cm³/mol. The highest BCUT2D eigenvalue weighted by Crippen LogP contribution is 2.37. The molecule has 0 spiro atoms. The topological polar surface area (TPSA) is 87.6 Å². The molecule has 1 fully saturated rings. The van der Waals surface area contributed by atoms with Gasteiger partial charge in [-0.15, -0.1) is 11.3 Å². The molecule has 1 aromatic carbocycles. The molecule has 6 nitrogen and oxygen atoms in total. The Bertz CT molecular complexity index is 919. The van der Waals surface area contributed by atoms with E-state index in [0.29, 0.717) is 0 Å². The van der Waals surface area contributed by atoms with Gasteiger partial charge >= 0.3 is 5.97 Å². The average molecular weight is 368 g/mol. The number of carboxylic acid groups (broad SMARTS) is 1. The zero-order chi connectivity index (χ0) is 17.9. The predicted octanol–water partition coefficient (Wildman–Crippen LogP) is 2.69. The zero-order valence-electron chi connectivity index (χ0n) is 14.0. The molecule has 0 unspecified atom stereocenters. The molecule has 24 heavy (non-hydrogen) atoms. The smallest absolute Gasteiger partial charge is 0.312 e. The number of carboxylic acids is 1. The van der Waals surface area contributed by atoms with Crippen LogP contribution in [0.4, 0.5) is 0 Å². The van der Waals surface area contributed by atoms with Gasteiger partial charge in [-0.05, 0) is 25.1 Å². The van der Waals surface area contributed by atoms with Crippen molar-refractivity contribution in [2.75, 3.05) is 13.1 Å². The van der Waals surface area contributed by atoms with Crippen molar-refractivity contribution < 1.29 is 18.3 Å². The lowest BCUT2D eigenvalue weighted by molar-refractivity contribution is -0.154. The van der Waals surface area contributed by atoms with E-state index in [9.17, 15) is 13.2 Å². The lowest BCUT2D eigenvalue weighted by atomic mass is 9.84. The maximum atomic E-state index is 12.7. The second-order valence-electron chi connectivity index (χ2n) is 7.54. The van der Waals surface area contributed by atoms with Gasteiger partial charge in [0, 0.05) is 18.5 Å². The van der Waals surface area contributed by atoms with Crippen LogP contribution in [0.25, 0.3) is 10.2 Å². The van der Waals surface area contributed by atoms with Crippen molar-refractivity contribution in [2.45, 2.75) is 38.0 Å². The van der Waals surface area contributed by atoms with E-state index < -0.39 is 21.4 Å². The third kappa shape index (κ3) is 2.72. The van der Waals surface area contributed by atoms with Gasteiger partial charge in [0.1, 0.15) is 0 Å². The normalized spacial score (nSPS) is 18.5. The number of aliphatic carboxylic acids is 1. The third-order valence-corrected chi connectivity index (χ3v) is 7.44. The number of aromatic nitrogens is 1. The van der Waals surface area contributed by atoms with E-state index >= 15 is 0 Å². The molecule has 1 saturated heterocycles. The van der Waals surface area contributed by atoms with E-state index in [4.69, 9.17) is 5.11 Å². The van der Waals surface area contributed by atoms with Gasteiger partial charge < -0.3 is 5.11 Å². The molecule has 1 aliphatic heterocycles. The van der Waals surface area contributed by atoms with Crippen LogP contribution in [0.1, 0.15) is 32.7 Å². The summed E-state index contributed by atoms with van der Waals surface area (Å²) >= 11 is 1.49. The van der Waals surface area contributed by atoms with Crippen molar-refractivity contribution >= 4 is 37.5 Å². The minimum Gasteiger partial charge on any atom is -0.481 e. The SMILES string of the molecule is CC1(C(=O)O)CN(S(=O)(=O)c2ccc3nc(C(C)(C)C)sc3c2)C1. The Morgan fingerprint density at radius 1 is 1.33 bits per heavy atom. The monoisotopic (exact) mass is 368 g/mol. The van der Waals surface area contributed by atoms with Crippen LogP contribution in [0, 0.1) is 5.41 Å². The first-order chi connectivity index (χ1) is 10.9. The highest BCUT2D eigenvalue weighted by molar-refractivity contribution is 7.89. The van der Waals surface area contributed by atoms with Crippen molar-refractivity contribution in [2.24, 2.45) is 5.41 Å². The molecule has 0 radical (unpaired) electrons. The van der Waals surface area contributed by atoms with Gasteiger partial charge in [0.2, 0.25) is 10.0 Å². The Balaban J connectivity index is 1.93. The molecule has 3 rings (SSSR count). The van der Waals surface area contributed by atoms with Gasteiger partial charge in [-0.25, -0.2) is 13.4 Å². The largest absolute Gasteiger partial charge is 0.481 e. The first kappa shape index (κ1) is 17.3. The van der Waals surface area contributed by atoms with Crippen LogP contribution in [-0.4, -0.2) is 41.9 Å². The minimum atomic E-state index is -3.68. The van der Waals surface area contributed by atoms with E-state index in [-0.39, 0.29) is 23.4 Å². The van der Waals surface area contributed by atoms with Crippen LogP contribution < -0.4 is 0 Å². The summed E-state index contributed by atoms with van der Waals surface area (Å²) in [5.74, 6) is -0.971. The molecule has 0 atom stereocenters. The molecule has 2 heterocycles. The van der Waals surface area contributed by atoms with E-state index in [0.717, 1.165) is 15.2 Å². The first-order valence-corrected chi connectivity index (χ1v) is 9.84. The lowest BCUT2D eigenvalue weighted by Gasteiger charge is -2.43. The van der Waals surface area contributed by atoms with Crippen LogP contribution in [0.3, 0.4) is 0 Å². The number of sulfonamides is 1. The summed E-state index contributed by atoms with van der Waals surface area (Å²) in [6.07, 6.45) is 0. The van der Waals surface area contributed by atoms with E-state index in [1.54, 1.807) is 25.1 Å². The summed E-state index contributed by atoms with van der Waals surface area (Å²) in [7, 11) is -3.68. The number of benzene rings is 1. The van der Waals surface area contributed by atoms with Gasteiger partial charge in [-0.1, -0.05) is 20.8 Å². The Labute approximate surface area is 145 Å². The number of rotatable bonds is 3. The summed E-state index contributed by atoms with van der Waals surface area (Å²) in [6.45, 7) is 7.75. The Hall–Kier alpha value is -1.51. The minimum absolute atomic E-state index is 0.00135. The summed E-state index contributed by atoms with van der Waals surface area (Å²) in [6, 6.07) is 4.89. The van der Waals surface area contributed by atoms with Crippen molar-refractivity contribution in [3.05, 3.63) is 23.2 Å². The van der Waals surface area contributed by atoms with Crippen molar-refractivity contribution in [3.8, 4) is 0 Å². The summed E-state index contributed by atoms with van der Waals surface area (Å²) in [4.78, 5) is 15.9. The highest BCUT2D eigenvalue weighted by atomic mass is 32.2. The van der Waals surface area contributed by atoms with Gasteiger partial charge in [0.05, 0.1) is 25.5 Å². The molecule has 0 bridgehead atoms. The molecule has 2 aromatic rings. The fraction of sp³-hybridized carbons (Fsp3) is 0.500. The van der Waals surface area contributed by atoms with Crippen LogP contribution in [-0.2, 0) is 20.2 Å². The molecule has 1 N–H and O–H groups in total. The average Bonchev–Trinajstić information content (AvgIpc) is 2.86. The zero-order valence-corrected chi connectivity index (χ0v) is 15.7. The number of hydrogen-bond acceptors (Lipinski definition) is 5. The first-order valence-electron chi connectivity index (χ1n) is 7.58. The molecule has 8 heteroatoms. The molecule has 0 amide bonds. The lowest BCUT2D eigenvalue weighted by Crippen LogP contribution is -2.60. The van der Waals surface area contributed by atoms with Gasteiger partial charge in [-0.3, -0.25) is 4.79 Å². The van der Waals surface area contributed by atoms with Crippen molar-refractivity contribution in [1.82, 2.24) is 9.29 Å². The highest BCUT2D eigenvalue weighted by Gasteiger charge is 2.50. The standard InChI is InChI=1S/C16H20N2O4S2/c1-15(2,3)13-17-11-6-5-10(7-12(11)23-13)24(21,22)18-8-16(4,9-18)14(19)20/h5-7H,8-9H2,1-4H3,(H,19,20).